The van der Waals surface area contributed by atoms with Crippen molar-refractivity contribution in [1.82, 2.24) is 5.16 Å². The Balaban J connectivity index is 2.76. The van der Waals surface area contributed by atoms with Crippen molar-refractivity contribution < 1.29 is 14.1 Å². The standard InChI is InChI=1S/C7H9N3O4/c1-4-5(6(8)11)7(10-14-4)13-3-2-9-12/h2-3H2,1H3,(H2,8,11). The van der Waals surface area contributed by atoms with E-state index in [0.717, 1.165) is 0 Å². The lowest BCUT2D eigenvalue weighted by Crippen LogP contribution is -2.14. The molecule has 0 bridgehead atoms. The minimum absolute atomic E-state index is 0.00125. The summed E-state index contributed by atoms with van der Waals surface area (Å²) in [5.74, 6) is -0.400. The highest BCUT2D eigenvalue weighted by atomic mass is 16.5. The van der Waals surface area contributed by atoms with Crippen molar-refractivity contribution in [2.75, 3.05) is 13.2 Å². The van der Waals surface area contributed by atoms with Gasteiger partial charge in [0.25, 0.3) is 11.8 Å². The lowest BCUT2D eigenvalue weighted by Gasteiger charge is -1.99. The first-order valence-corrected chi connectivity index (χ1v) is 3.84. The molecular formula is C7H9N3O4. The Morgan fingerprint density at radius 3 is 3.00 bits per heavy atom. The van der Waals surface area contributed by atoms with Crippen molar-refractivity contribution in [3.05, 3.63) is 16.2 Å². The summed E-state index contributed by atoms with van der Waals surface area (Å²) in [6.45, 7) is 1.55. The van der Waals surface area contributed by atoms with Gasteiger partial charge in [-0.05, 0) is 12.1 Å². The topological polar surface area (TPSA) is 108 Å². The van der Waals surface area contributed by atoms with Crippen LogP contribution in [0.2, 0.25) is 0 Å². The molecular weight excluding hydrogens is 190 g/mol. The number of carbonyl (C=O) groups is 1. The Morgan fingerprint density at radius 1 is 1.71 bits per heavy atom. The number of hydrogen-bond acceptors (Lipinski definition) is 6. The first-order chi connectivity index (χ1) is 6.66. The minimum atomic E-state index is -0.683. The third-order valence-electron chi connectivity index (χ3n) is 1.50. The van der Waals surface area contributed by atoms with Gasteiger partial charge >= 0.3 is 0 Å². The fraction of sp³-hybridized carbons (Fsp3) is 0.429. The van der Waals surface area contributed by atoms with Crippen molar-refractivity contribution in [3.8, 4) is 5.88 Å². The maximum absolute atomic E-state index is 10.9. The molecule has 1 aromatic heterocycles. The molecule has 0 aliphatic heterocycles. The number of hydrogen-bond donors (Lipinski definition) is 1. The number of aromatic nitrogens is 1. The number of rotatable bonds is 5. The molecule has 0 spiro atoms. The van der Waals surface area contributed by atoms with Crippen molar-refractivity contribution in [3.63, 3.8) is 0 Å². The SMILES string of the molecule is Cc1onc(OCCN=O)c1C(N)=O. The highest BCUT2D eigenvalue weighted by molar-refractivity contribution is 5.95. The van der Waals surface area contributed by atoms with E-state index in [0.29, 0.717) is 0 Å². The van der Waals surface area contributed by atoms with Gasteiger partial charge in [-0.25, -0.2) is 0 Å². The normalized spacial score (nSPS) is 9.79. The van der Waals surface area contributed by atoms with Gasteiger partial charge in [0.05, 0.1) is 0 Å². The molecule has 2 N–H and O–H groups in total. The van der Waals surface area contributed by atoms with E-state index >= 15 is 0 Å². The second-order valence-corrected chi connectivity index (χ2v) is 2.48. The maximum Gasteiger partial charge on any atom is 0.267 e. The van der Waals surface area contributed by atoms with Crippen LogP contribution in [0.15, 0.2) is 9.70 Å². The largest absolute Gasteiger partial charge is 0.473 e. The van der Waals surface area contributed by atoms with Crippen molar-refractivity contribution in [2.24, 2.45) is 10.9 Å². The van der Waals surface area contributed by atoms with Gasteiger partial charge in [-0.1, -0.05) is 5.18 Å². The molecule has 0 aliphatic carbocycles. The number of amides is 1. The summed E-state index contributed by atoms with van der Waals surface area (Å²) in [5.41, 5.74) is 5.15. The van der Waals surface area contributed by atoms with E-state index in [4.69, 9.17) is 15.0 Å². The molecule has 14 heavy (non-hydrogen) atoms. The highest BCUT2D eigenvalue weighted by Crippen LogP contribution is 2.19. The summed E-state index contributed by atoms with van der Waals surface area (Å²) in [6, 6.07) is 0. The monoisotopic (exact) mass is 199 g/mol. The van der Waals surface area contributed by atoms with Crippen LogP contribution in [0.25, 0.3) is 0 Å². The van der Waals surface area contributed by atoms with E-state index in [1.807, 2.05) is 0 Å². The molecule has 0 saturated heterocycles. The van der Waals surface area contributed by atoms with E-state index < -0.39 is 5.91 Å². The third kappa shape index (κ3) is 2.06. The van der Waals surface area contributed by atoms with Gasteiger partial charge in [0.15, 0.2) is 5.76 Å². The first-order valence-electron chi connectivity index (χ1n) is 3.84. The average molecular weight is 199 g/mol. The Labute approximate surface area is 79.2 Å². The van der Waals surface area contributed by atoms with E-state index in [-0.39, 0.29) is 30.4 Å². The molecule has 1 amide bonds. The second-order valence-electron chi connectivity index (χ2n) is 2.48. The van der Waals surface area contributed by atoms with E-state index in [2.05, 4.69) is 10.3 Å². The fourth-order valence-electron chi connectivity index (χ4n) is 0.909. The Morgan fingerprint density at radius 2 is 2.43 bits per heavy atom. The molecule has 0 radical (unpaired) electrons. The van der Waals surface area contributed by atoms with Gasteiger partial charge in [-0.3, -0.25) is 4.79 Å². The molecule has 0 aromatic carbocycles. The number of nitroso groups, excluding NO2 is 1. The van der Waals surface area contributed by atoms with Crippen LogP contribution in [0.3, 0.4) is 0 Å². The molecule has 7 nitrogen and oxygen atoms in total. The van der Waals surface area contributed by atoms with Gasteiger partial charge in [0.2, 0.25) is 0 Å². The molecule has 1 heterocycles. The second kappa shape index (κ2) is 4.35. The number of ether oxygens (including phenoxy) is 1. The molecule has 1 aromatic rings. The van der Waals surface area contributed by atoms with Crippen LogP contribution in [0.4, 0.5) is 0 Å². The molecule has 0 fully saturated rings. The third-order valence-corrected chi connectivity index (χ3v) is 1.50. The summed E-state index contributed by atoms with van der Waals surface area (Å²) in [7, 11) is 0. The van der Waals surface area contributed by atoms with E-state index in [1.165, 1.54) is 6.92 Å². The zero-order chi connectivity index (χ0) is 10.6. The molecule has 76 valence electrons. The molecule has 0 saturated carbocycles. The van der Waals surface area contributed by atoms with Crippen LogP contribution in [0, 0.1) is 11.8 Å². The zero-order valence-electron chi connectivity index (χ0n) is 7.52. The lowest BCUT2D eigenvalue weighted by molar-refractivity contribution is 0.0995. The summed E-state index contributed by atoms with van der Waals surface area (Å²) >= 11 is 0. The number of primary amides is 1. The fourth-order valence-corrected chi connectivity index (χ4v) is 0.909. The Hall–Kier alpha value is -1.92. The predicted octanol–water partition coefficient (Wildman–Crippen LogP) is 0.227. The highest BCUT2D eigenvalue weighted by Gasteiger charge is 2.18. The van der Waals surface area contributed by atoms with E-state index in [1.54, 1.807) is 0 Å². The molecule has 0 unspecified atom stereocenters. The summed E-state index contributed by atoms with van der Waals surface area (Å²) in [5, 5.41) is 6.05. The van der Waals surface area contributed by atoms with Crippen molar-refractivity contribution in [1.29, 1.82) is 0 Å². The summed E-state index contributed by atoms with van der Waals surface area (Å²) < 4.78 is 9.66. The summed E-state index contributed by atoms with van der Waals surface area (Å²) in [6.07, 6.45) is 0. The van der Waals surface area contributed by atoms with Gasteiger partial charge in [0, 0.05) is 0 Å². The molecule has 1 rings (SSSR count). The average Bonchev–Trinajstić information content (AvgIpc) is 2.47. The van der Waals surface area contributed by atoms with Gasteiger partial charge < -0.3 is 15.0 Å². The number of carbonyl (C=O) groups excluding carboxylic acids is 1. The zero-order valence-corrected chi connectivity index (χ0v) is 7.52. The maximum atomic E-state index is 10.9. The molecule has 0 atom stereocenters. The number of aryl methyl sites for hydroxylation is 1. The molecule has 0 aliphatic rings. The quantitative estimate of drug-likeness (QED) is 0.539. The Kier molecular flexibility index (Phi) is 3.16. The predicted molar refractivity (Wildman–Crippen MR) is 45.9 cm³/mol. The van der Waals surface area contributed by atoms with E-state index in [9.17, 15) is 9.70 Å². The summed E-state index contributed by atoms with van der Waals surface area (Å²) in [4.78, 5) is 20.6. The number of nitrogens with two attached hydrogens (primary N) is 1. The van der Waals surface area contributed by atoms with Gasteiger partial charge in [-0.2, -0.15) is 4.91 Å². The van der Waals surface area contributed by atoms with Crippen LogP contribution in [-0.2, 0) is 0 Å². The molecule has 7 heteroatoms. The Bertz CT molecular complexity index is 347. The van der Waals surface area contributed by atoms with Gasteiger partial charge in [0.1, 0.15) is 18.7 Å². The number of nitrogens with zero attached hydrogens (tertiary/aromatic N) is 2. The first kappa shape index (κ1) is 10.2. The van der Waals surface area contributed by atoms with Crippen LogP contribution >= 0.6 is 0 Å². The van der Waals surface area contributed by atoms with Crippen LogP contribution in [0.5, 0.6) is 5.88 Å². The smallest absolute Gasteiger partial charge is 0.267 e. The minimum Gasteiger partial charge on any atom is -0.473 e. The van der Waals surface area contributed by atoms with Crippen LogP contribution in [0.1, 0.15) is 16.1 Å². The van der Waals surface area contributed by atoms with Crippen LogP contribution in [-0.4, -0.2) is 24.2 Å². The van der Waals surface area contributed by atoms with Crippen LogP contribution < -0.4 is 10.5 Å². The van der Waals surface area contributed by atoms with Crippen molar-refractivity contribution in [2.45, 2.75) is 6.92 Å². The van der Waals surface area contributed by atoms with Gasteiger partial charge in [-0.15, -0.1) is 0 Å². The lowest BCUT2D eigenvalue weighted by atomic mass is 10.2. The van der Waals surface area contributed by atoms with Crippen molar-refractivity contribution >= 4 is 5.91 Å².